The quantitative estimate of drug-likeness (QED) is 0.192. The number of hydrogen-bond donors (Lipinski definition) is 5. The molecule has 0 spiro atoms. The molecule has 3 aromatic rings. The second-order valence-corrected chi connectivity index (χ2v) is 8.85. The summed E-state index contributed by atoms with van der Waals surface area (Å²) < 4.78 is 10.8. The Morgan fingerprint density at radius 1 is 1.03 bits per heavy atom. The number of methoxy groups -OCH3 is 2. The van der Waals surface area contributed by atoms with Gasteiger partial charge in [0.1, 0.15) is 12.0 Å². The smallest absolute Gasteiger partial charge is 0.305 e. The van der Waals surface area contributed by atoms with Crippen LogP contribution in [0.5, 0.6) is 11.5 Å². The highest BCUT2D eigenvalue weighted by Crippen LogP contribution is 2.42. The van der Waals surface area contributed by atoms with Crippen LogP contribution in [0, 0.1) is 5.41 Å². The number of ether oxygens (including phenoxy) is 2. The number of hydrogen-bond acceptors (Lipinski definition) is 7. The van der Waals surface area contributed by atoms with Gasteiger partial charge in [-0.15, -0.1) is 0 Å². The summed E-state index contributed by atoms with van der Waals surface area (Å²) in [5.41, 5.74) is 10.5. The van der Waals surface area contributed by atoms with E-state index in [2.05, 4.69) is 15.5 Å². The van der Waals surface area contributed by atoms with E-state index in [1.165, 1.54) is 0 Å². The maximum atomic E-state index is 12.6. The van der Waals surface area contributed by atoms with Gasteiger partial charge in [0.2, 0.25) is 0 Å². The number of rotatable bonds is 11. The highest BCUT2D eigenvalue weighted by atomic mass is 16.5. The number of fused-ring (bicyclic) bond motifs is 1. The van der Waals surface area contributed by atoms with Crippen LogP contribution in [0.4, 0.5) is 11.4 Å². The van der Waals surface area contributed by atoms with E-state index in [0.717, 1.165) is 28.9 Å². The second-order valence-electron chi connectivity index (χ2n) is 8.85. The molecule has 0 aliphatic carbocycles. The molecule has 1 aliphatic rings. The van der Waals surface area contributed by atoms with Crippen molar-refractivity contribution in [1.82, 2.24) is 5.32 Å². The Hall–Kier alpha value is -4.73. The Kier molecular flexibility index (Phi) is 8.00. The first-order chi connectivity index (χ1) is 18.3. The van der Waals surface area contributed by atoms with Crippen LogP contribution < -0.4 is 30.7 Å². The van der Waals surface area contributed by atoms with E-state index < -0.39 is 5.97 Å². The van der Waals surface area contributed by atoms with Crippen molar-refractivity contribution in [2.45, 2.75) is 19.0 Å². The number of carbonyl (C=O) groups is 2. The molecule has 0 aromatic heterocycles. The zero-order valence-corrected chi connectivity index (χ0v) is 21.3. The fraction of sp³-hybridized carbons (Fsp3) is 0.250. The van der Waals surface area contributed by atoms with Crippen LogP contribution in [0.2, 0.25) is 0 Å². The molecule has 3 aromatic carbocycles. The topological polar surface area (TPSA) is 150 Å². The number of nitrogens with zero attached hydrogens (tertiary/aromatic N) is 1. The lowest BCUT2D eigenvalue weighted by Crippen LogP contribution is -2.30. The van der Waals surface area contributed by atoms with Gasteiger partial charge in [0.05, 0.1) is 32.0 Å². The zero-order chi connectivity index (χ0) is 27.2. The largest absolute Gasteiger partial charge is 0.493 e. The van der Waals surface area contributed by atoms with Gasteiger partial charge in [-0.1, -0.05) is 30.3 Å². The van der Waals surface area contributed by atoms with E-state index >= 15 is 0 Å². The first kappa shape index (κ1) is 26.3. The lowest BCUT2D eigenvalue weighted by atomic mass is 10.1. The standard InChI is InChI=1S/C28H31N5O5/c1-37-23-10-3-17(15-24(23)38-2)12-14-33-22-9-8-20(28(36)31-13-11-25(34)35)16-21(22)32-27(33)19-6-4-18(5-7-19)26(29)30/h3-10,15-16,27,32H,11-14H2,1-2H3,(H3,29,30)(H,31,36)(H,34,35). The number of amides is 1. The van der Waals surface area contributed by atoms with Crippen LogP contribution in [0.15, 0.2) is 60.7 Å². The van der Waals surface area contributed by atoms with Crippen LogP contribution in [0.25, 0.3) is 0 Å². The van der Waals surface area contributed by atoms with Crippen LogP contribution in [-0.4, -0.2) is 50.1 Å². The average molecular weight is 518 g/mol. The van der Waals surface area contributed by atoms with Gasteiger partial charge in [-0.2, -0.15) is 0 Å². The molecule has 0 radical (unpaired) electrons. The van der Waals surface area contributed by atoms with Crippen molar-refractivity contribution < 1.29 is 24.2 Å². The molecule has 10 heteroatoms. The van der Waals surface area contributed by atoms with Crippen molar-refractivity contribution in [2.24, 2.45) is 5.73 Å². The van der Waals surface area contributed by atoms with Crippen LogP contribution >= 0.6 is 0 Å². The van der Waals surface area contributed by atoms with Crippen molar-refractivity contribution >= 4 is 29.1 Å². The Labute approximate surface area is 220 Å². The molecule has 6 N–H and O–H groups in total. The molecule has 198 valence electrons. The maximum Gasteiger partial charge on any atom is 0.305 e. The third-order valence-electron chi connectivity index (χ3n) is 6.42. The van der Waals surface area contributed by atoms with Gasteiger partial charge in [-0.3, -0.25) is 15.0 Å². The molecule has 1 unspecified atom stereocenters. The molecule has 38 heavy (non-hydrogen) atoms. The number of aliphatic carboxylic acids is 1. The van der Waals surface area contributed by atoms with Gasteiger partial charge in [0, 0.05) is 24.2 Å². The van der Waals surface area contributed by atoms with Gasteiger partial charge in [0.15, 0.2) is 11.5 Å². The summed E-state index contributed by atoms with van der Waals surface area (Å²) >= 11 is 0. The summed E-state index contributed by atoms with van der Waals surface area (Å²) in [6.07, 6.45) is 0.370. The van der Waals surface area contributed by atoms with Gasteiger partial charge in [0.25, 0.3) is 5.91 Å². The lowest BCUT2D eigenvalue weighted by Gasteiger charge is -2.27. The second kappa shape index (κ2) is 11.5. The monoisotopic (exact) mass is 517 g/mol. The lowest BCUT2D eigenvalue weighted by molar-refractivity contribution is -0.136. The first-order valence-electron chi connectivity index (χ1n) is 12.1. The molecule has 4 rings (SSSR count). The SMILES string of the molecule is COc1ccc(CCN2c3ccc(C(=O)NCCC(=O)O)cc3NC2c2ccc(C(=N)N)cc2)cc1OC. The third-order valence-corrected chi connectivity index (χ3v) is 6.42. The first-order valence-corrected chi connectivity index (χ1v) is 12.1. The molecule has 10 nitrogen and oxygen atoms in total. The predicted molar refractivity (Wildman–Crippen MR) is 145 cm³/mol. The number of carboxylic acids is 1. The summed E-state index contributed by atoms with van der Waals surface area (Å²) in [6.45, 7) is 0.722. The summed E-state index contributed by atoms with van der Waals surface area (Å²) in [6, 6.07) is 18.8. The normalized spacial score (nSPS) is 13.8. The fourth-order valence-electron chi connectivity index (χ4n) is 4.44. The molecule has 0 fully saturated rings. The van der Waals surface area contributed by atoms with E-state index in [1.54, 1.807) is 26.4 Å². The molecule has 0 saturated heterocycles. The van der Waals surface area contributed by atoms with Crippen LogP contribution in [-0.2, 0) is 11.2 Å². The molecule has 1 amide bonds. The molecule has 0 bridgehead atoms. The minimum Gasteiger partial charge on any atom is -0.493 e. The number of nitrogens with two attached hydrogens (primary N) is 1. The number of carboxylic acid groups (broad SMARTS) is 1. The summed E-state index contributed by atoms with van der Waals surface area (Å²) in [4.78, 5) is 25.6. The zero-order valence-electron chi connectivity index (χ0n) is 21.3. The molecular weight excluding hydrogens is 486 g/mol. The van der Waals surface area contributed by atoms with Crippen molar-refractivity contribution in [3.05, 3.63) is 82.9 Å². The number of nitrogens with one attached hydrogen (secondary N) is 3. The third kappa shape index (κ3) is 5.80. The Bertz CT molecular complexity index is 1340. The van der Waals surface area contributed by atoms with Gasteiger partial charge < -0.3 is 35.8 Å². The van der Waals surface area contributed by atoms with E-state index in [1.807, 2.05) is 48.5 Å². The number of nitrogen functional groups attached to an aromatic ring is 1. The highest BCUT2D eigenvalue weighted by Gasteiger charge is 2.30. The van der Waals surface area contributed by atoms with E-state index in [-0.39, 0.29) is 30.9 Å². The fourth-order valence-corrected chi connectivity index (χ4v) is 4.44. The van der Waals surface area contributed by atoms with Gasteiger partial charge in [-0.05, 0) is 47.9 Å². The number of anilines is 2. The predicted octanol–water partition coefficient (Wildman–Crippen LogP) is 3.37. The summed E-state index contributed by atoms with van der Waals surface area (Å²) in [7, 11) is 3.21. The minimum absolute atomic E-state index is 0.00285. The van der Waals surface area contributed by atoms with E-state index in [9.17, 15) is 9.59 Å². The van der Waals surface area contributed by atoms with Crippen molar-refractivity contribution in [3.8, 4) is 11.5 Å². The van der Waals surface area contributed by atoms with E-state index in [4.69, 9.17) is 25.7 Å². The molecular formula is C28H31N5O5. The van der Waals surface area contributed by atoms with E-state index in [0.29, 0.717) is 29.2 Å². The molecule has 0 saturated carbocycles. The average Bonchev–Trinajstić information content (AvgIpc) is 3.29. The Morgan fingerprint density at radius 3 is 2.39 bits per heavy atom. The minimum atomic E-state index is -0.968. The van der Waals surface area contributed by atoms with Gasteiger partial charge >= 0.3 is 5.97 Å². The number of benzene rings is 3. The van der Waals surface area contributed by atoms with Crippen molar-refractivity contribution in [2.75, 3.05) is 37.5 Å². The summed E-state index contributed by atoms with van der Waals surface area (Å²) in [5, 5.41) is 22.7. The number of amidine groups is 1. The molecule has 1 aliphatic heterocycles. The maximum absolute atomic E-state index is 12.6. The summed E-state index contributed by atoms with van der Waals surface area (Å²) in [5.74, 6) is 0.0386. The molecule has 1 atom stereocenters. The van der Waals surface area contributed by atoms with Crippen LogP contribution in [0.3, 0.4) is 0 Å². The van der Waals surface area contributed by atoms with Crippen molar-refractivity contribution in [3.63, 3.8) is 0 Å². The van der Waals surface area contributed by atoms with Crippen LogP contribution in [0.1, 0.15) is 39.6 Å². The van der Waals surface area contributed by atoms with Crippen molar-refractivity contribution in [1.29, 1.82) is 5.41 Å². The highest BCUT2D eigenvalue weighted by molar-refractivity contribution is 5.97. The van der Waals surface area contributed by atoms with Gasteiger partial charge in [-0.25, -0.2) is 0 Å². The Balaban J connectivity index is 1.60. The Morgan fingerprint density at radius 2 is 1.74 bits per heavy atom. The number of carbonyl (C=O) groups excluding carboxylic acids is 1. The molecule has 1 heterocycles.